The molecule has 1 aromatic rings. The van der Waals surface area contributed by atoms with Gasteiger partial charge >= 0.3 is 11.8 Å². The van der Waals surface area contributed by atoms with Gasteiger partial charge in [-0.3, -0.25) is 9.59 Å². The molecule has 0 spiro atoms. The fourth-order valence-corrected chi connectivity index (χ4v) is 2.07. The van der Waals surface area contributed by atoms with Crippen LogP contribution in [0, 0.1) is 0 Å². The number of halogens is 2. The Kier molecular flexibility index (Phi) is 4.63. The van der Waals surface area contributed by atoms with Crippen molar-refractivity contribution in [1.82, 2.24) is 10.2 Å². The van der Waals surface area contributed by atoms with E-state index in [1.54, 1.807) is 12.1 Å². The zero-order chi connectivity index (χ0) is 13.8. The zero-order valence-electron chi connectivity index (χ0n) is 10.1. The minimum Gasteiger partial charge on any atom is -0.332 e. The first-order chi connectivity index (χ1) is 9.08. The quantitative estimate of drug-likeness (QED) is 0.770. The number of anilines is 1. The molecule has 5 nitrogen and oxygen atoms in total. The van der Waals surface area contributed by atoms with Gasteiger partial charge in [-0.1, -0.05) is 23.2 Å². The van der Waals surface area contributed by atoms with Crippen LogP contribution in [0.25, 0.3) is 0 Å². The van der Waals surface area contributed by atoms with Crippen molar-refractivity contribution in [2.24, 2.45) is 0 Å². The third kappa shape index (κ3) is 3.59. The summed E-state index contributed by atoms with van der Waals surface area (Å²) in [7, 11) is 0. The summed E-state index contributed by atoms with van der Waals surface area (Å²) in [5.41, 5.74) is 0.447. The van der Waals surface area contributed by atoms with Crippen molar-refractivity contribution in [3.63, 3.8) is 0 Å². The summed E-state index contributed by atoms with van der Waals surface area (Å²) in [6.07, 6.45) is 0. The molecule has 1 aromatic carbocycles. The average Bonchev–Trinajstić information content (AvgIpc) is 2.43. The monoisotopic (exact) mass is 301 g/mol. The standard InChI is InChI=1S/C12H13Cl2N3O2/c13-9-2-1-8(7-10(9)14)16-11(18)12(19)17-5-3-15-4-6-17/h1-2,7,15H,3-6H2,(H,16,18). The van der Waals surface area contributed by atoms with Gasteiger partial charge in [-0.25, -0.2) is 0 Å². The van der Waals surface area contributed by atoms with Crippen LogP contribution in [-0.2, 0) is 9.59 Å². The normalized spacial score (nSPS) is 15.2. The first-order valence-electron chi connectivity index (χ1n) is 5.84. The molecule has 1 fully saturated rings. The van der Waals surface area contributed by atoms with Gasteiger partial charge in [0.05, 0.1) is 10.0 Å². The highest BCUT2D eigenvalue weighted by Crippen LogP contribution is 2.24. The van der Waals surface area contributed by atoms with Gasteiger partial charge < -0.3 is 15.5 Å². The molecule has 0 aromatic heterocycles. The Bertz CT molecular complexity index is 502. The second kappa shape index (κ2) is 6.23. The Morgan fingerprint density at radius 3 is 2.47 bits per heavy atom. The van der Waals surface area contributed by atoms with Crippen LogP contribution in [0.2, 0.25) is 10.0 Å². The number of piperazine rings is 1. The van der Waals surface area contributed by atoms with E-state index >= 15 is 0 Å². The van der Waals surface area contributed by atoms with Gasteiger partial charge in [-0.2, -0.15) is 0 Å². The lowest BCUT2D eigenvalue weighted by Crippen LogP contribution is -2.49. The third-order valence-corrected chi connectivity index (χ3v) is 3.51. The van der Waals surface area contributed by atoms with Crippen molar-refractivity contribution in [3.8, 4) is 0 Å². The fourth-order valence-electron chi connectivity index (χ4n) is 1.77. The van der Waals surface area contributed by atoms with Gasteiger partial charge in [0.25, 0.3) is 0 Å². The van der Waals surface area contributed by atoms with Crippen molar-refractivity contribution in [3.05, 3.63) is 28.2 Å². The number of nitrogens with one attached hydrogen (secondary N) is 2. The van der Waals surface area contributed by atoms with Gasteiger partial charge in [0, 0.05) is 31.9 Å². The molecule has 1 aliphatic rings. The van der Waals surface area contributed by atoms with Crippen LogP contribution >= 0.6 is 23.2 Å². The van der Waals surface area contributed by atoms with Crippen LogP contribution in [0.3, 0.4) is 0 Å². The maximum atomic E-state index is 11.9. The number of nitrogens with zero attached hydrogens (tertiary/aromatic N) is 1. The van der Waals surface area contributed by atoms with E-state index in [-0.39, 0.29) is 0 Å². The second-order valence-corrected chi connectivity index (χ2v) is 4.94. The molecular weight excluding hydrogens is 289 g/mol. The van der Waals surface area contributed by atoms with Gasteiger partial charge in [-0.05, 0) is 18.2 Å². The van der Waals surface area contributed by atoms with Crippen molar-refractivity contribution in [2.75, 3.05) is 31.5 Å². The van der Waals surface area contributed by atoms with Crippen molar-refractivity contribution in [1.29, 1.82) is 0 Å². The summed E-state index contributed by atoms with van der Waals surface area (Å²) >= 11 is 11.6. The average molecular weight is 302 g/mol. The molecule has 0 unspecified atom stereocenters. The van der Waals surface area contributed by atoms with E-state index in [0.717, 1.165) is 0 Å². The molecule has 2 amide bonds. The Hall–Kier alpha value is -1.30. The highest BCUT2D eigenvalue weighted by atomic mass is 35.5. The topological polar surface area (TPSA) is 61.4 Å². The molecule has 1 heterocycles. The zero-order valence-corrected chi connectivity index (χ0v) is 11.6. The van der Waals surface area contributed by atoms with E-state index in [0.29, 0.717) is 41.9 Å². The molecule has 102 valence electrons. The van der Waals surface area contributed by atoms with E-state index in [9.17, 15) is 9.59 Å². The van der Waals surface area contributed by atoms with E-state index in [4.69, 9.17) is 23.2 Å². The molecule has 0 atom stereocenters. The van der Waals surface area contributed by atoms with E-state index in [1.165, 1.54) is 11.0 Å². The largest absolute Gasteiger partial charge is 0.332 e. The van der Waals surface area contributed by atoms with E-state index in [2.05, 4.69) is 10.6 Å². The van der Waals surface area contributed by atoms with E-state index in [1.807, 2.05) is 0 Å². The highest BCUT2D eigenvalue weighted by molar-refractivity contribution is 6.42. The maximum absolute atomic E-state index is 11.9. The predicted octanol–water partition coefficient (Wildman–Crippen LogP) is 1.36. The predicted molar refractivity (Wildman–Crippen MR) is 74.5 cm³/mol. The molecule has 2 rings (SSSR count). The number of carbonyl (C=O) groups is 2. The summed E-state index contributed by atoms with van der Waals surface area (Å²) in [5, 5.41) is 6.35. The Morgan fingerprint density at radius 1 is 1.16 bits per heavy atom. The number of amides is 2. The van der Waals surface area contributed by atoms with Crippen LogP contribution in [0.1, 0.15) is 0 Å². The minimum absolute atomic E-state index is 0.328. The highest BCUT2D eigenvalue weighted by Gasteiger charge is 2.23. The molecule has 0 saturated carbocycles. The van der Waals surface area contributed by atoms with Gasteiger partial charge in [0.1, 0.15) is 0 Å². The minimum atomic E-state index is -0.666. The number of hydrogen-bond acceptors (Lipinski definition) is 3. The summed E-state index contributed by atoms with van der Waals surface area (Å²) in [5.74, 6) is -1.20. The lowest BCUT2D eigenvalue weighted by atomic mass is 10.3. The van der Waals surface area contributed by atoms with Crippen LogP contribution in [0.4, 0.5) is 5.69 Å². The summed E-state index contributed by atoms with van der Waals surface area (Å²) < 4.78 is 0. The molecule has 1 aliphatic heterocycles. The summed E-state index contributed by atoms with van der Waals surface area (Å²) in [6.45, 7) is 2.47. The molecule has 1 saturated heterocycles. The van der Waals surface area contributed by atoms with Crippen molar-refractivity contribution < 1.29 is 9.59 Å². The maximum Gasteiger partial charge on any atom is 0.313 e. The number of rotatable bonds is 1. The molecule has 0 aliphatic carbocycles. The number of benzene rings is 1. The Balaban J connectivity index is 1.99. The summed E-state index contributed by atoms with van der Waals surface area (Å²) in [6, 6.07) is 4.67. The second-order valence-electron chi connectivity index (χ2n) is 4.13. The third-order valence-electron chi connectivity index (χ3n) is 2.78. The van der Waals surface area contributed by atoms with Gasteiger partial charge in [-0.15, -0.1) is 0 Å². The molecule has 0 radical (unpaired) electrons. The molecule has 0 bridgehead atoms. The van der Waals surface area contributed by atoms with Gasteiger partial charge in [0.15, 0.2) is 0 Å². The van der Waals surface area contributed by atoms with Crippen molar-refractivity contribution in [2.45, 2.75) is 0 Å². The Morgan fingerprint density at radius 2 is 1.84 bits per heavy atom. The van der Waals surface area contributed by atoms with Crippen LogP contribution in [-0.4, -0.2) is 42.9 Å². The molecule has 2 N–H and O–H groups in total. The molecule has 19 heavy (non-hydrogen) atoms. The summed E-state index contributed by atoms with van der Waals surface area (Å²) in [4.78, 5) is 25.2. The van der Waals surface area contributed by atoms with Gasteiger partial charge in [0.2, 0.25) is 0 Å². The van der Waals surface area contributed by atoms with Crippen LogP contribution in [0.15, 0.2) is 18.2 Å². The lowest BCUT2D eigenvalue weighted by molar-refractivity contribution is -0.143. The first-order valence-corrected chi connectivity index (χ1v) is 6.59. The SMILES string of the molecule is O=C(Nc1ccc(Cl)c(Cl)c1)C(=O)N1CCNCC1. The first kappa shape index (κ1) is 14.1. The van der Waals surface area contributed by atoms with E-state index < -0.39 is 11.8 Å². The smallest absolute Gasteiger partial charge is 0.313 e. The number of hydrogen-bond donors (Lipinski definition) is 2. The van der Waals surface area contributed by atoms with Crippen LogP contribution < -0.4 is 10.6 Å². The lowest BCUT2D eigenvalue weighted by Gasteiger charge is -2.26. The molecule has 7 heteroatoms. The van der Waals surface area contributed by atoms with Crippen LogP contribution in [0.5, 0.6) is 0 Å². The Labute approximate surface area is 120 Å². The van der Waals surface area contributed by atoms with Crippen molar-refractivity contribution >= 4 is 40.7 Å². The number of carbonyl (C=O) groups excluding carboxylic acids is 2. The molecular formula is C12H13Cl2N3O2. The fraction of sp³-hybridized carbons (Fsp3) is 0.333.